The van der Waals surface area contributed by atoms with Gasteiger partial charge in [0.25, 0.3) is 0 Å². The number of hydrogen-bond donors (Lipinski definition) is 1. The molecule has 0 aliphatic heterocycles. The number of rotatable bonds is 2. The molecule has 3 nitrogen and oxygen atoms in total. The normalized spacial score (nSPS) is 6.87. The van der Waals surface area contributed by atoms with Gasteiger partial charge in [-0.15, -0.1) is 0 Å². The average Bonchev–Trinajstić information content (AvgIpc) is 2.36. The minimum Gasteiger partial charge on any atom is -0.329 e. The zero-order chi connectivity index (χ0) is 12.1. The van der Waals surface area contributed by atoms with Crippen LogP contribution in [0.5, 0.6) is 0 Å². The zero-order valence-corrected chi connectivity index (χ0v) is 9.74. The van der Waals surface area contributed by atoms with Crippen LogP contribution < -0.4 is 5.32 Å². The number of nitrogens with one attached hydrogen (secondary N) is 1. The topological polar surface area (TPSA) is 52.9 Å². The molecule has 0 aromatic heterocycles. The number of hydrogen-bond acceptors (Lipinski definition) is 2. The van der Waals surface area contributed by atoms with Gasteiger partial charge in [0, 0.05) is 5.69 Å². The molecule has 0 saturated heterocycles. The standard InChI is InChI=1S/C8H6N2O.2C2H6/c9-5-7-1-3-8(4-2-7)10-6-11;2*1-2/h1-4,6H,(H,10,11);2*1-2H3. The smallest absolute Gasteiger partial charge is 0.211 e. The fourth-order valence-corrected chi connectivity index (χ4v) is 0.709. The molecule has 82 valence electrons. The Morgan fingerprint density at radius 3 is 1.93 bits per heavy atom. The largest absolute Gasteiger partial charge is 0.329 e. The molecule has 0 atom stereocenters. The highest BCUT2D eigenvalue weighted by Crippen LogP contribution is 2.06. The molecule has 1 N–H and O–H groups in total. The van der Waals surface area contributed by atoms with Crippen LogP contribution in [0.3, 0.4) is 0 Å². The Bertz CT molecular complexity index is 285. The van der Waals surface area contributed by atoms with Crippen molar-refractivity contribution < 1.29 is 4.79 Å². The number of amides is 1. The summed E-state index contributed by atoms with van der Waals surface area (Å²) >= 11 is 0. The second-order valence-corrected chi connectivity index (χ2v) is 1.95. The lowest BCUT2D eigenvalue weighted by Gasteiger charge is -1.95. The van der Waals surface area contributed by atoms with E-state index in [-0.39, 0.29) is 0 Å². The van der Waals surface area contributed by atoms with Gasteiger partial charge in [-0.3, -0.25) is 4.79 Å². The number of nitriles is 1. The molecular formula is C12H18N2O. The van der Waals surface area contributed by atoms with Crippen molar-refractivity contribution in [3.63, 3.8) is 0 Å². The molecule has 0 radical (unpaired) electrons. The van der Waals surface area contributed by atoms with Crippen LogP contribution in [-0.4, -0.2) is 6.41 Å². The monoisotopic (exact) mass is 206 g/mol. The van der Waals surface area contributed by atoms with E-state index >= 15 is 0 Å². The highest BCUT2D eigenvalue weighted by Gasteiger charge is 1.89. The molecular weight excluding hydrogens is 188 g/mol. The third-order valence-corrected chi connectivity index (χ3v) is 1.24. The summed E-state index contributed by atoms with van der Waals surface area (Å²) in [7, 11) is 0. The first-order valence-electron chi connectivity index (χ1n) is 5.07. The van der Waals surface area contributed by atoms with Crippen molar-refractivity contribution in [3.05, 3.63) is 29.8 Å². The van der Waals surface area contributed by atoms with Crippen LogP contribution >= 0.6 is 0 Å². The van der Waals surface area contributed by atoms with Crippen LogP contribution in [0.1, 0.15) is 33.3 Å². The summed E-state index contributed by atoms with van der Waals surface area (Å²) in [6.07, 6.45) is 0.599. The van der Waals surface area contributed by atoms with Gasteiger partial charge in [-0.05, 0) is 24.3 Å². The lowest BCUT2D eigenvalue weighted by molar-refractivity contribution is -0.105. The first-order valence-corrected chi connectivity index (χ1v) is 5.07. The van der Waals surface area contributed by atoms with Gasteiger partial charge in [-0.1, -0.05) is 27.7 Å². The molecule has 15 heavy (non-hydrogen) atoms. The van der Waals surface area contributed by atoms with Crippen LogP contribution in [0.15, 0.2) is 24.3 Å². The summed E-state index contributed by atoms with van der Waals surface area (Å²) < 4.78 is 0. The third-order valence-electron chi connectivity index (χ3n) is 1.24. The zero-order valence-electron chi connectivity index (χ0n) is 9.74. The maximum absolute atomic E-state index is 9.95. The van der Waals surface area contributed by atoms with E-state index in [4.69, 9.17) is 5.26 Å². The molecule has 0 spiro atoms. The van der Waals surface area contributed by atoms with E-state index in [1.807, 2.05) is 33.8 Å². The van der Waals surface area contributed by atoms with E-state index in [1.165, 1.54) is 0 Å². The van der Waals surface area contributed by atoms with Gasteiger partial charge in [0.15, 0.2) is 0 Å². The summed E-state index contributed by atoms with van der Waals surface area (Å²) in [5, 5.41) is 10.9. The number of carbonyl (C=O) groups excluding carboxylic acids is 1. The summed E-state index contributed by atoms with van der Waals surface area (Å²) in [6.45, 7) is 8.00. The molecule has 1 amide bonds. The molecule has 0 saturated carbocycles. The van der Waals surface area contributed by atoms with Crippen molar-refractivity contribution in [2.45, 2.75) is 27.7 Å². The van der Waals surface area contributed by atoms with Crippen molar-refractivity contribution >= 4 is 12.1 Å². The Labute approximate surface area is 91.7 Å². The Morgan fingerprint density at radius 1 is 1.13 bits per heavy atom. The molecule has 0 fully saturated rings. The first-order chi connectivity index (χ1) is 7.36. The number of nitrogens with zero attached hydrogens (tertiary/aromatic N) is 1. The van der Waals surface area contributed by atoms with Gasteiger partial charge in [0.05, 0.1) is 11.6 Å². The van der Waals surface area contributed by atoms with Crippen molar-refractivity contribution in [3.8, 4) is 6.07 Å². The highest BCUT2D eigenvalue weighted by atomic mass is 16.1. The molecule has 3 heteroatoms. The molecule has 1 aromatic carbocycles. The summed E-state index contributed by atoms with van der Waals surface area (Å²) in [5.41, 5.74) is 1.28. The van der Waals surface area contributed by atoms with Crippen molar-refractivity contribution in [2.75, 3.05) is 5.32 Å². The second-order valence-electron chi connectivity index (χ2n) is 1.95. The van der Waals surface area contributed by atoms with E-state index in [0.717, 1.165) is 0 Å². The van der Waals surface area contributed by atoms with Gasteiger partial charge in [-0.25, -0.2) is 0 Å². The van der Waals surface area contributed by atoms with Crippen LogP contribution in [-0.2, 0) is 4.79 Å². The lowest BCUT2D eigenvalue weighted by atomic mass is 10.2. The molecule has 0 bridgehead atoms. The maximum Gasteiger partial charge on any atom is 0.211 e. The highest BCUT2D eigenvalue weighted by molar-refractivity contribution is 5.71. The van der Waals surface area contributed by atoms with Gasteiger partial charge in [-0.2, -0.15) is 5.26 Å². The van der Waals surface area contributed by atoms with E-state index in [2.05, 4.69) is 5.32 Å². The predicted molar refractivity (Wildman–Crippen MR) is 63.5 cm³/mol. The maximum atomic E-state index is 9.95. The Hall–Kier alpha value is -1.82. The Balaban J connectivity index is 0. The minimum atomic E-state index is 0.585. The summed E-state index contributed by atoms with van der Waals surface area (Å²) in [6, 6.07) is 8.62. The minimum absolute atomic E-state index is 0.585. The fourth-order valence-electron chi connectivity index (χ4n) is 0.709. The van der Waals surface area contributed by atoms with E-state index < -0.39 is 0 Å². The first kappa shape index (κ1) is 15.6. The van der Waals surface area contributed by atoms with Crippen molar-refractivity contribution in [2.24, 2.45) is 0 Å². The van der Waals surface area contributed by atoms with Crippen molar-refractivity contribution in [1.82, 2.24) is 0 Å². The molecule has 0 unspecified atom stereocenters. The lowest BCUT2D eigenvalue weighted by Crippen LogP contribution is -1.92. The number of benzene rings is 1. The SMILES string of the molecule is CC.CC.N#Cc1ccc(NC=O)cc1. The average molecular weight is 206 g/mol. The number of anilines is 1. The fraction of sp³-hybridized carbons (Fsp3) is 0.333. The van der Waals surface area contributed by atoms with Crippen LogP contribution in [0.2, 0.25) is 0 Å². The molecule has 1 aromatic rings. The van der Waals surface area contributed by atoms with E-state index in [0.29, 0.717) is 17.7 Å². The van der Waals surface area contributed by atoms with Crippen LogP contribution in [0.25, 0.3) is 0 Å². The predicted octanol–water partition coefficient (Wildman–Crippen LogP) is 3.18. The molecule has 0 aliphatic carbocycles. The Morgan fingerprint density at radius 2 is 1.60 bits per heavy atom. The van der Waals surface area contributed by atoms with Gasteiger partial charge >= 0.3 is 0 Å². The van der Waals surface area contributed by atoms with Crippen LogP contribution in [0.4, 0.5) is 5.69 Å². The van der Waals surface area contributed by atoms with Crippen LogP contribution in [0, 0.1) is 11.3 Å². The number of carbonyl (C=O) groups is 1. The summed E-state index contributed by atoms with van der Waals surface area (Å²) in [4.78, 5) is 9.95. The molecule has 0 aliphatic rings. The van der Waals surface area contributed by atoms with Gasteiger partial charge in [0.2, 0.25) is 6.41 Å². The van der Waals surface area contributed by atoms with E-state index in [9.17, 15) is 4.79 Å². The molecule has 0 heterocycles. The van der Waals surface area contributed by atoms with Gasteiger partial charge in [0.1, 0.15) is 0 Å². The van der Waals surface area contributed by atoms with E-state index in [1.54, 1.807) is 24.3 Å². The Kier molecular flexibility index (Phi) is 12.7. The van der Waals surface area contributed by atoms with Crippen molar-refractivity contribution in [1.29, 1.82) is 5.26 Å². The quantitative estimate of drug-likeness (QED) is 0.755. The molecule has 1 rings (SSSR count). The van der Waals surface area contributed by atoms with Gasteiger partial charge < -0.3 is 5.32 Å². The second kappa shape index (κ2) is 12.2. The third kappa shape index (κ3) is 7.27. The summed E-state index contributed by atoms with van der Waals surface area (Å²) in [5.74, 6) is 0.